The first-order valence-electron chi connectivity index (χ1n) is 28.0. The molecule has 0 spiro atoms. The lowest BCUT2D eigenvalue weighted by Gasteiger charge is -2.37. The maximum atomic E-state index is 16.6. The van der Waals surface area contributed by atoms with Crippen LogP contribution in [0.4, 0.5) is 8.78 Å². The molecule has 0 unspecified atom stereocenters. The van der Waals surface area contributed by atoms with Gasteiger partial charge in [0.25, 0.3) is 0 Å². The minimum absolute atomic E-state index is 0.0644. The van der Waals surface area contributed by atoms with Crippen molar-refractivity contribution in [2.45, 2.75) is 181 Å². The fourth-order valence-corrected chi connectivity index (χ4v) is 13.1. The Balaban J connectivity index is 1.45. The van der Waals surface area contributed by atoms with E-state index < -0.39 is 0 Å². The number of nitrogens with zero attached hydrogens (tertiary/aromatic N) is 2. The van der Waals surface area contributed by atoms with E-state index in [1.54, 1.807) is 24.3 Å². The highest BCUT2D eigenvalue weighted by Gasteiger charge is 2.38. The van der Waals surface area contributed by atoms with Crippen molar-refractivity contribution in [1.29, 1.82) is 0 Å². The molecule has 2 aliphatic carbocycles. The number of fused-ring (bicyclic) bond motifs is 6. The molecule has 74 heavy (non-hydrogen) atoms. The maximum absolute atomic E-state index is 16.6. The van der Waals surface area contributed by atoms with Gasteiger partial charge in [-0.25, -0.2) is 8.78 Å². The van der Waals surface area contributed by atoms with E-state index in [0.29, 0.717) is 0 Å². The highest BCUT2D eigenvalue weighted by molar-refractivity contribution is 6.13. The lowest BCUT2D eigenvalue weighted by atomic mass is 9.72. The summed E-state index contributed by atoms with van der Waals surface area (Å²) in [5.41, 5.74) is 18.1. The smallest absolute Gasteiger partial charge is 0.123 e. The van der Waals surface area contributed by atoms with E-state index in [2.05, 4.69) is 177 Å². The van der Waals surface area contributed by atoms with Crippen LogP contribution in [0.3, 0.4) is 0 Å². The topological polar surface area (TPSA) is 9.86 Å². The molecule has 0 amide bonds. The van der Waals surface area contributed by atoms with Gasteiger partial charge in [0.05, 0.1) is 33.4 Å². The molecule has 7 aromatic carbocycles. The van der Waals surface area contributed by atoms with Gasteiger partial charge in [0, 0.05) is 32.7 Å². The van der Waals surface area contributed by atoms with Crippen molar-refractivity contribution in [3.05, 3.63) is 166 Å². The number of hydrogen-bond acceptors (Lipinski definition) is 0. The number of benzene rings is 7. The number of halogens is 2. The van der Waals surface area contributed by atoms with Gasteiger partial charge in [-0.2, -0.15) is 0 Å². The molecular weight excluding hydrogens is 907 g/mol. The second-order valence-corrected chi connectivity index (χ2v) is 26.6. The highest BCUT2D eigenvalue weighted by atomic mass is 19.1. The van der Waals surface area contributed by atoms with Crippen LogP contribution < -0.4 is 0 Å². The van der Waals surface area contributed by atoms with E-state index in [1.165, 1.54) is 84.5 Å². The molecule has 2 heterocycles. The van der Waals surface area contributed by atoms with Crippen LogP contribution in [0.5, 0.6) is 0 Å². The Kier molecular flexibility index (Phi) is 12.5. The second-order valence-electron chi connectivity index (χ2n) is 26.6. The van der Waals surface area contributed by atoms with Gasteiger partial charge in [-0.1, -0.05) is 170 Å². The average molecular weight is 985 g/mol. The summed E-state index contributed by atoms with van der Waals surface area (Å²) in [7, 11) is 0. The Morgan fingerprint density at radius 3 is 0.932 bits per heavy atom. The molecule has 2 saturated carbocycles. The molecule has 0 N–H and O–H groups in total. The minimum Gasteiger partial charge on any atom is -0.309 e. The molecule has 0 radical (unpaired) electrons. The van der Waals surface area contributed by atoms with Gasteiger partial charge in [-0.3, -0.25) is 0 Å². The van der Waals surface area contributed by atoms with Gasteiger partial charge in [-0.15, -0.1) is 0 Å². The average Bonchev–Trinajstić information content (AvgIpc) is 3.86. The molecule has 4 heteroatoms. The van der Waals surface area contributed by atoms with Crippen molar-refractivity contribution in [2.24, 2.45) is 0 Å². The van der Waals surface area contributed by atoms with Crippen molar-refractivity contribution in [3.63, 3.8) is 0 Å². The Morgan fingerprint density at radius 2 is 0.649 bits per heavy atom. The van der Waals surface area contributed by atoms with Crippen molar-refractivity contribution >= 4 is 43.6 Å². The molecule has 2 aliphatic rings. The lowest BCUT2D eigenvalue weighted by molar-refractivity contribution is 0.435. The van der Waals surface area contributed by atoms with Crippen molar-refractivity contribution in [2.75, 3.05) is 0 Å². The normalized spacial score (nSPS) is 15.9. The zero-order chi connectivity index (χ0) is 52.2. The van der Waals surface area contributed by atoms with Gasteiger partial charge in [0.15, 0.2) is 0 Å². The minimum atomic E-state index is -0.263. The number of hydrogen-bond donors (Lipinski definition) is 0. The van der Waals surface area contributed by atoms with Crippen LogP contribution in [0.15, 0.2) is 121 Å². The SMILES string of the molecule is CC(C)(C)c1ccc2c(c1)c1cc(C(C)(C)C)ccc1n2-c1c(-c2cccc(F)c2)c(C2CCCCC2)c(-n2c3ccc(C(C)(C)C)cc3c3cc(C(C)(C)C)ccc32)c(C2CCCCC2)c1-c1cccc(F)c1. The van der Waals surface area contributed by atoms with E-state index in [1.807, 2.05) is 12.1 Å². The fraction of sp³-hybridized carbons (Fsp3) is 0.400. The molecule has 2 fully saturated rings. The maximum Gasteiger partial charge on any atom is 0.123 e. The van der Waals surface area contributed by atoms with Crippen LogP contribution in [0.1, 0.15) is 193 Å². The van der Waals surface area contributed by atoms with E-state index in [9.17, 15) is 0 Å². The molecule has 0 aliphatic heterocycles. The van der Waals surface area contributed by atoms with E-state index in [0.717, 1.165) is 90.3 Å². The van der Waals surface area contributed by atoms with Crippen LogP contribution in [0.2, 0.25) is 0 Å². The first-order valence-corrected chi connectivity index (χ1v) is 28.0. The molecular formula is C70H78F2N2. The molecule has 11 rings (SSSR count). The monoisotopic (exact) mass is 985 g/mol. The first-order chi connectivity index (χ1) is 35.1. The largest absolute Gasteiger partial charge is 0.309 e. The Labute approximate surface area is 440 Å². The van der Waals surface area contributed by atoms with E-state index >= 15 is 8.78 Å². The van der Waals surface area contributed by atoms with Crippen LogP contribution >= 0.6 is 0 Å². The summed E-state index contributed by atoms with van der Waals surface area (Å²) in [6.07, 6.45) is 11.1. The lowest BCUT2D eigenvalue weighted by Crippen LogP contribution is -2.20. The third kappa shape index (κ3) is 8.80. The molecule has 0 saturated heterocycles. The summed E-state index contributed by atoms with van der Waals surface area (Å²) in [6.45, 7) is 27.7. The van der Waals surface area contributed by atoms with Gasteiger partial charge in [-0.05, 0) is 176 Å². The number of rotatable bonds is 6. The Bertz CT molecular complexity index is 3400. The molecule has 382 valence electrons. The van der Waals surface area contributed by atoms with Gasteiger partial charge < -0.3 is 9.13 Å². The number of aromatic nitrogens is 2. The highest BCUT2D eigenvalue weighted by Crippen LogP contribution is 2.56. The van der Waals surface area contributed by atoms with Crippen molar-refractivity contribution in [3.8, 4) is 33.6 Å². The van der Waals surface area contributed by atoms with E-state index in [-0.39, 0.29) is 45.1 Å². The van der Waals surface area contributed by atoms with Gasteiger partial charge in [0.1, 0.15) is 11.6 Å². The predicted molar refractivity (Wildman–Crippen MR) is 312 cm³/mol. The first kappa shape index (κ1) is 50.2. The van der Waals surface area contributed by atoms with Crippen LogP contribution in [-0.2, 0) is 21.7 Å². The third-order valence-electron chi connectivity index (χ3n) is 17.2. The summed E-state index contributed by atoms with van der Waals surface area (Å²) < 4.78 is 38.3. The van der Waals surface area contributed by atoms with E-state index in [4.69, 9.17) is 0 Å². The van der Waals surface area contributed by atoms with Gasteiger partial charge >= 0.3 is 0 Å². The molecule has 0 atom stereocenters. The molecule has 2 nitrogen and oxygen atoms in total. The predicted octanol–water partition coefficient (Wildman–Crippen LogP) is 20.8. The Morgan fingerprint density at radius 1 is 0.351 bits per heavy atom. The quantitative estimate of drug-likeness (QED) is 0.157. The summed E-state index contributed by atoms with van der Waals surface area (Å²) in [5, 5.41) is 4.89. The molecule has 9 aromatic rings. The van der Waals surface area contributed by atoms with Crippen LogP contribution in [0.25, 0.3) is 77.2 Å². The molecule has 0 bridgehead atoms. The summed E-state index contributed by atoms with van der Waals surface area (Å²) in [6, 6.07) is 43.4. The summed E-state index contributed by atoms with van der Waals surface area (Å²) in [5.74, 6) is -0.159. The zero-order valence-corrected chi connectivity index (χ0v) is 46.4. The molecule has 2 aromatic heterocycles. The van der Waals surface area contributed by atoms with Crippen LogP contribution in [0, 0.1) is 11.6 Å². The van der Waals surface area contributed by atoms with Gasteiger partial charge in [0.2, 0.25) is 0 Å². The van der Waals surface area contributed by atoms with Crippen LogP contribution in [-0.4, -0.2) is 9.13 Å². The zero-order valence-electron chi connectivity index (χ0n) is 46.4. The third-order valence-corrected chi connectivity index (χ3v) is 17.2. The van der Waals surface area contributed by atoms with Crippen molar-refractivity contribution in [1.82, 2.24) is 9.13 Å². The second kappa shape index (κ2) is 18.4. The van der Waals surface area contributed by atoms with Crippen molar-refractivity contribution < 1.29 is 8.78 Å². The fourth-order valence-electron chi connectivity index (χ4n) is 13.1. The summed E-state index contributed by atoms with van der Waals surface area (Å²) in [4.78, 5) is 0. The summed E-state index contributed by atoms with van der Waals surface area (Å²) >= 11 is 0. The standard InChI is InChI=1S/C70H78F2N2/c1-67(2,3)47-29-33-57-53(39-47)54-40-48(68(4,5)6)30-34-58(54)73(57)65-61(43-21-15-13-16-22-43)63(45-25-19-27-51(71)37-45)66(64(46-26-20-28-52(72)38-46)62(65)44-23-17-14-18-24-44)74-59-35-31-49(69(7,8)9)41-55(59)56-42-50(70(10,11)12)32-36-60(56)74/h19-20,25-44H,13-18,21-24H2,1-12H3. The Hall–Kier alpha value is -6.00.